The number of rotatable bonds is 7. The molecule has 0 saturated heterocycles. The van der Waals surface area contributed by atoms with Gasteiger partial charge in [0.2, 0.25) is 0 Å². The number of carbonyl (C=O) groups is 1. The SMILES string of the molecule is CC(C(=O)c1ccc(F)cc1F)N(CCO)CCO. The molecule has 106 valence electrons. The van der Waals surface area contributed by atoms with E-state index in [1.165, 1.54) is 4.90 Å². The van der Waals surface area contributed by atoms with E-state index < -0.39 is 23.5 Å². The molecule has 2 N–H and O–H groups in total. The van der Waals surface area contributed by atoms with Crippen LogP contribution in [0.4, 0.5) is 8.78 Å². The van der Waals surface area contributed by atoms with Crippen LogP contribution in [-0.4, -0.2) is 53.2 Å². The lowest BCUT2D eigenvalue weighted by Crippen LogP contribution is -2.42. The molecule has 6 heteroatoms. The minimum Gasteiger partial charge on any atom is -0.395 e. The summed E-state index contributed by atoms with van der Waals surface area (Å²) in [4.78, 5) is 13.6. The van der Waals surface area contributed by atoms with Crippen LogP contribution in [0, 0.1) is 11.6 Å². The van der Waals surface area contributed by atoms with Gasteiger partial charge in [0.05, 0.1) is 24.8 Å². The Morgan fingerprint density at radius 3 is 2.32 bits per heavy atom. The predicted molar refractivity (Wildman–Crippen MR) is 65.9 cm³/mol. The van der Waals surface area contributed by atoms with Crippen LogP contribution in [0.3, 0.4) is 0 Å². The highest BCUT2D eigenvalue weighted by atomic mass is 19.1. The summed E-state index contributed by atoms with van der Waals surface area (Å²) in [6.45, 7) is 1.58. The summed E-state index contributed by atoms with van der Waals surface area (Å²) < 4.78 is 26.3. The van der Waals surface area contributed by atoms with Gasteiger partial charge in [0.25, 0.3) is 0 Å². The Labute approximate surface area is 110 Å². The van der Waals surface area contributed by atoms with E-state index in [2.05, 4.69) is 0 Å². The zero-order valence-electron chi connectivity index (χ0n) is 10.6. The first-order chi connectivity index (χ1) is 9.01. The van der Waals surface area contributed by atoms with Crippen molar-refractivity contribution >= 4 is 5.78 Å². The zero-order valence-corrected chi connectivity index (χ0v) is 10.6. The number of hydrogen-bond acceptors (Lipinski definition) is 4. The Kier molecular flexibility index (Phi) is 6.01. The van der Waals surface area contributed by atoms with Gasteiger partial charge in [-0.15, -0.1) is 0 Å². The average Bonchev–Trinajstić information content (AvgIpc) is 2.37. The minimum absolute atomic E-state index is 0.177. The van der Waals surface area contributed by atoms with Gasteiger partial charge < -0.3 is 10.2 Å². The normalized spacial score (nSPS) is 12.7. The van der Waals surface area contributed by atoms with Gasteiger partial charge in [0.1, 0.15) is 11.6 Å². The fourth-order valence-electron chi connectivity index (χ4n) is 1.84. The van der Waals surface area contributed by atoms with Crippen molar-refractivity contribution in [2.75, 3.05) is 26.3 Å². The van der Waals surface area contributed by atoms with Gasteiger partial charge in [-0.3, -0.25) is 9.69 Å². The number of hydrogen-bond donors (Lipinski definition) is 2. The number of carbonyl (C=O) groups excluding carboxylic acids is 1. The van der Waals surface area contributed by atoms with E-state index in [4.69, 9.17) is 10.2 Å². The lowest BCUT2D eigenvalue weighted by atomic mass is 10.0. The summed E-state index contributed by atoms with van der Waals surface area (Å²) >= 11 is 0. The van der Waals surface area contributed by atoms with Gasteiger partial charge in [0.15, 0.2) is 5.78 Å². The first-order valence-corrected chi connectivity index (χ1v) is 5.96. The van der Waals surface area contributed by atoms with Gasteiger partial charge in [0, 0.05) is 19.2 Å². The molecule has 0 radical (unpaired) electrons. The second kappa shape index (κ2) is 7.28. The molecule has 1 aromatic rings. The molecular weight excluding hydrogens is 256 g/mol. The highest BCUT2D eigenvalue weighted by Gasteiger charge is 2.24. The summed E-state index contributed by atoms with van der Waals surface area (Å²) in [7, 11) is 0. The van der Waals surface area contributed by atoms with Crippen LogP contribution in [0.25, 0.3) is 0 Å². The molecule has 1 aromatic carbocycles. The van der Waals surface area contributed by atoms with Gasteiger partial charge in [-0.1, -0.05) is 0 Å². The number of aliphatic hydroxyl groups excluding tert-OH is 2. The molecule has 4 nitrogen and oxygen atoms in total. The van der Waals surface area contributed by atoms with Gasteiger partial charge >= 0.3 is 0 Å². The van der Waals surface area contributed by atoms with Crippen molar-refractivity contribution in [3.8, 4) is 0 Å². The van der Waals surface area contributed by atoms with Crippen LogP contribution in [0.15, 0.2) is 18.2 Å². The number of Topliss-reactive ketones (excluding diaryl/α,β-unsaturated/α-hetero) is 1. The number of halogens is 2. The molecule has 0 bridgehead atoms. The molecule has 0 aliphatic carbocycles. The number of ketones is 1. The Morgan fingerprint density at radius 2 is 1.84 bits per heavy atom. The second-order valence-electron chi connectivity index (χ2n) is 4.15. The van der Waals surface area contributed by atoms with E-state index in [9.17, 15) is 13.6 Å². The molecule has 0 aliphatic rings. The summed E-state index contributed by atoms with van der Waals surface area (Å²) in [6.07, 6.45) is 0. The maximum Gasteiger partial charge on any atom is 0.182 e. The third-order valence-corrected chi connectivity index (χ3v) is 2.90. The van der Waals surface area contributed by atoms with Crippen LogP contribution in [-0.2, 0) is 0 Å². The van der Waals surface area contributed by atoms with Crippen LogP contribution in [0.1, 0.15) is 17.3 Å². The van der Waals surface area contributed by atoms with Crippen molar-refractivity contribution in [2.24, 2.45) is 0 Å². The maximum atomic E-state index is 13.5. The van der Waals surface area contributed by atoms with E-state index in [-0.39, 0.29) is 31.9 Å². The fraction of sp³-hybridized carbons (Fsp3) is 0.462. The van der Waals surface area contributed by atoms with Crippen LogP contribution in [0.2, 0.25) is 0 Å². The number of benzene rings is 1. The highest BCUT2D eigenvalue weighted by molar-refractivity contribution is 6.00. The molecule has 0 aromatic heterocycles. The maximum absolute atomic E-state index is 13.5. The molecule has 0 spiro atoms. The van der Waals surface area contributed by atoms with E-state index >= 15 is 0 Å². The summed E-state index contributed by atoms with van der Waals surface area (Å²) in [5.74, 6) is -2.17. The molecule has 0 heterocycles. The molecule has 0 aliphatic heterocycles. The molecule has 1 rings (SSSR count). The standard InChI is InChI=1S/C13H17F2NO3/c1-9(16(4-6-17)5-7-18)13(19)11-3-2-10(14)8-12(11)15/h2-3,8-9,17-18H,4-7H2,1H3. The molecular formula is C13H17F2NO3. The van der Waals surface area contributed by atoms with Crippen molar-refractivity contribution < 1.29 is 23.8 Å². The Balaban J connectivity index is 2.90. The Bertz CT molecular complexity index is 434. The van der Waals surface area contributed by atoms with E-state index in [1.807, 2.05) is 0 Å². The molecule has 19 heavy (non-hydrogen) atoms. The largest absolute Gasteiger partial charge is 0.395 e. The summed E-state index contributed by atoms with van der Waals surface area (Å²) in [5, 5.41) is 17.8. The predicted octanol–water partition coefficient (Wildman–Crippen LogP) is 0.823. The quantitative estimate of drug-likeness (QED) is 0.722. The Morgan fingerprint density at radius 1 is 1.26 bits per heavy atom. The fourth-order valence-corrected chi connectivity index (χ4v) is 1.84. The van der Waals surface area contributed by atoms with Gasteiger partial charge in [-0.2, -0.15) is 0 Å². The van der Waals surface area contributed by atoms with Crippen LogP contribution < -0.4 is 0 Å². The third-order valence-electron chi connectivity index (χ3n) is 2.90. The van der Waals surface area contributed by atoms with Gasteiger partial charge in [-0.25, -0.2) is 8.78 Å². The van der Waals surface area contributed by atoms with Crippen LogP contribution >= 0.6 is 0 Å². The van der Waals surface area contributed by atoms with Gasteiger partial charge in [-0.05, 0) is 19.1 Å². The van der Waals surface area contributed by atoms with E-state index in [0.29, 0.717) is 6.07 Å². The number of aliphatic hydroxyl groups is 2. The minimum atomic E-state index is -0.912. The monoisotopic (exact) mass is 273 g/mol. The lowest BCUT2D eigenvalue weighted by Gasteiger charge is -2.26. The van der Waals surface area contributed by atoms with Crippen molar-refractivity contribution in [1.82, 2.24) is 4.90 Å². The molecule has 0 fully saturated rings. The lowest BCUT2D eigenvalue weighted by molar-refractivity contribution is 0.0765. The van der Waals surface area contributed by atoms with Crippen molar-refractivity contribution in [3.63, 3.8) is 0 Å². The zero-order chi connectivity index (χ0) is 14.4. The number of nitrogens with zero attached hydrogens (tertiary/aromatic N) is 1. The van der Waals surface area contributed by atoms with Crippen LogP contribution in [0.5, 0.6) is 0 Å². The third kappa shape index (κ3) is 4.05. The highest BCUT2D eigenvalue weighted by Crippen LogP contribution is 2.14. The average molecular weight is 273 g/mol. The van der Waals surface area contributed by atoms with E-state index in [1.54, 1.807) is 6.92 Å². The van der Waals surface area contributed by atoms with Crippen molar-refractivity contribution in [1.29, 1.82) is 0 Å². The molecule has 0 amide bonds. The topological polar surface area (TPSA) is 60.8 Å². The first-order valence-electron chi connectivity index (χ1n) is 5.96. The van der Waals surface area contributed by atoms with E-state index in [0.717, 1.165) is 12.1 Å². The smallest absolute Gasteiger partial charge is 0.182 e. The molecule has 0 saturated carbocycles. The Hall–Kier alpha value is -1.37. The molecule has 1 atom stereocenters. The van der Waals surface area contributed by atoms with Crippen molar-refractivity contribution in [3.05, 3.63) is 35.4 Å². The molecule has 1 unspecified atom stereocenters. The summed E-state index contributed by atoms with van der Waals surface area (Å²) in [6, 6.07) is 2.06. The summed E-state index contributed by atoms with van der Waals surface area (Å²) in [5.41, 5.74) is -0.199. The van der Waals surface area contributed by atoms with Crippen molar-refractivity contribution in [2.45, 2.75) is 13.0 Å². The first kappa shape index (κ1) is 15.7. The second-order valence-corrected chi connectivity index (χ2v) is 4.15.